The van der Waals surface area contributed by atoms with E-state index in [-0.39, 0.29) is 18.2 Å². The molecule has 0 spiro atoms. The minimum atomic E-state index is -0.819. The fourth-order valence-electron chi connectivity index (χ4n) is 3.75. The summed E-state index contributed by atoms with van der Waals surface area (Å²) in [7, 11) is 0. The summed E-state index contributed by atoms with van der Waals surface area (Å²) in [6.07, 6.45) is 11.6. The molecule has 2 saturated carbocycles. The van der Waals surface area contributed by atoms with E-state index < -0.39 is 5.97 Å². The van der Waals surface area contributed by atoms with Gasteiger partial charge in [0.1, 0.15) is 5.82 Å². The van der Waals surface area contributed by atoms with Gasteiger partial charge in [-0.1, -0.05) is 19.3 Å². The van der Waals surface area contributed by atoms with Crippen molar-refractivity contribution in [2.24, 2.45) is 5.92 Å². The zero-order valence-corrected chi connectivity index (χ0v) is 18.8. The van der Waals surface area contributed by atoms with Gasteiger partial charge >= 0.3 is 5.97 Å². The Morgan fingerprint density at radius 3 is 2.47 bits per heavy atom. The van der Waals surface area contributed by atoms with Gasteiger partial charge in [0.15, 0.2) is 0 Å². The topological polar surface area (TPSA) is 81.5 Å². The van der Waals surface area contributed by atoms with E-state index in [4.69, 9.17) is 14.6 Å². The van der Waals surface area contributed by atoms with Crippen molar-refractivity contribution in [2.45, 2.75) is 70.6 Å². The molecule has 2 aromatic rings. The van der Waals surface area contributed by atoms with Gasteiger partial charge in [0.25, 0.3) is 0 Å². The van der Waals surface area contributed by atoms with Crippen molar-refractivity contribution in [3.05, 3.63) is 47.5 Å². The predicted molar refractivity (Wildman–Crippen MR) is 120 cm³/mol. The molecular weight excluding hydrogens is 411 g/mol. The highest BCUT2D eigenvalue weighted by molar-refractivity contribution is 5.67. The molecule has 2 aromatic heterocycles. The fraction of sp³-hybridized carbons (Fsp3) is 0.560. The number of pyridine rings is 2. The number of aromatic nitrogens is 2. The first-order valence-corrected chi connectivity index (χ1v) is 11.6. The molecule has 32 heavy (non-hydrogen) atoms. The van der Waals surface area contributed by atoms with Crippen molar-refractivity contribution >= 4 is 5.97 Å². The summed E-state index contributed by atoms with van der Waals surface area (Å²) < 4.78 is 25.5. The van der Waals surface area contributed by atoms with Gasteiger partial charge in [-0.3, -0.25) is 4.79 Å². The van der Waals surface area contributed by atoms with Crippen LogP contribution in [0.2, 0.25) is 0 Å². The van der Waals surface area contributed by atoms with Crippen LogP contribution in [0.15, 0.2) is 30.6 Å². The molecule has 6 nitrogen and oxygen atoms in total. The number of aliphatic carboxylic acids is 1. The second kappa shape index (κ2) is 12.4. The van der Waals surface area contributed by atoms with Crippen molar-refractivity contribution in [2.75, 3.05) is 13.2 Å². The van der Waals surface area contributed by atoms with Crippen LogP contribution in [0.4, 0.5) is 4.39 Å². The lowest BCUT2D eigenvalue weighted by atomic mass is 9.79. The number of hydrogen-bond acceptors (Lipinski definition) is 5. The van der Waals surface area contributed by atoms with Crippen molar-refractivity contribution < 1.29 is 23.8 Å². The fourth-order valence-corrected chi connectivity index (χ4v) is 3.75. The minimum absolute atomic E-state index is 0.0873. The van der Waals surface area contributed by atoms with E-state index in [0.29, 0.717) is 42.9 Å². The monoisotopic (exact) mass is 444 g/mol. The van der Waals surface area contributed by atoms with Gasteiger partial charge in [-0.15, -0.1) is 0 Å². The standard InChI is InChI=1S/C22H27FN2O4.C3H6/c1-2-28-21-12-18(19(23)13-25-21)17-6-3-16(4-7-17)14-29-20-11-15(9-10-24-20)5-8-22(26)27;1-2-3-1/h9-13,16-17H,2-8,14H2,1H3,(H,26,27);1-3H2. The zero-order chi connectivity index (χ0) is 22.8. The largest absolute Gasteiger partial charge is 0.481 e. The average Bonchev–Trinajstić information content (AvgIpc) is 3.68. The predicted octanol–water partition coefficient (Wildman–Crippen LogP) is 5.55. The maximum atomic E-state index is 14.2. The second-order valence-corrected chi connectivity index (χ2v) is 8.46. The van der Waals surface area contributed by atoms with Gasteiger partial charge < -0.3 is 14.6 Å². The maximum Gasteiger partial charge on any atom is 0.303 e. The van der Waals surface area contributed by atoms with E-state index in [0.717, 1.165) is 31.2 Å². The Balaban J connectivity index is 0.000000887. The molecule has 0 atom stereocenters. The molecule has 0 aliphatic heterocycles. The highest BCUT2D eigenvalue weighted by Crippen LogP contribution is 2.37. The van der Waals surface area contributed by atoms with Crippen molar-refractivity contribution in [3.8, 4) is 11.8 Å². The number of halogens is 1. The van der Waals surface area contributed by atoms with Crippen LogP contribution in [0.3, 0.4) is 0 Å². The zero-order valence-electron chi connectivity index (χ0n) is 18.8. The molecule has 7 heteroatoms. The SMILES string of the molecule is C1CC1.CCOc1cc(C2CCC(COc3cc(CCC(=O)O)ccn3)CC2)c(F)cn1. The van der Waals surface area contributed by atoms with Crippen LogP contribution in [0, 0.1) is 11.7 Å². The Bertz CT molecular complexity index is 864. The first-order chi connectivity index (χ1) is 15.5. The number of carbonyl (C=O) groups is 1. The lowest BCUT2D eigenvalue weighted by Gasteiger charge is -2.28. The first kappa shape index (κ1) is 24.0. The van der Waals surface area contributed by atoms with Gasteiger partial charge in [0.05, 0.1) is 19.4 Å². The Hall–Kier alpha value is -2.70. The number of hydrogen-bond donors (Lipinski definition) is 1. The Morgan fingerprint density at radius 1 is 1.09 bits per heavy atom. The molecule has 1 N–H and O–H groups in total. The minimum Gasteiger partial charge on any atom is -0.481 e. The number of carboxylic acid groups (broad SMARTS) is 1. The van der Waals surface area contributed by atoms with Crippen LogP contribution in [0.1, 0.15) is 75.3 Å². The number of carboxylic acids is 1. The van der Waals surface area contributed by atoms with Gasteiger partial charge in [-0.2, -0.15) is 0 Å². The summed E-state index contributed by atoms with van der Waals surface area (Å²) in [5.41, 5.74) is 1.59. The highest BCUT2D eigenvalue weighted by Gasteiger charge is 2.25. The quantitative estimate of drug-likeness (QED) is 0.546. The molecule has 0 radical (unpaired) electrons. The molecule has 0 bridgehead atoms. The second-order valence-electron chi connectivity index (χ2n) is 8.46. The van der Waals surface area contributed by atoms with Crippen molar-refractivity contribution in [3.63, 3.8) is 0 Å². The molecule has 174 valence electrons. The smallest absolute Gasteiger partial charge is 0.303 e. The third-order valence-electron chi connectivity index (χ3n) is 5.69. The molecule has 0 amide bonds. The summed E-state index contributed by atoms with van der Waals surface area (Å²) >= 11 is 0. The van der Waals surface area contributed by atoms with E-state index in [1.165, 1.54) is 25.5 Å². The van der Waals surface area contributed by atoms with Crippen LogP contribution < -0.4 is 9.47 Å². The van der Waals surface area contributed by atoms with Crippen LogP contribution >= 0.6 is 0 Å². The molecule has 2 fully saturated rings. The summed E-state index contributed by atoms with van der Waals surface area (Å²) in [6.45, 7) is 2.95. The molecule has 2 aliphatic rings. The normalized spacial score (nSPS) is 19.4. The molecule has 4 rings (SSSR count). The summed E-state index contributed by atoms with van der Waals surface area (Å²) in [5.74, 6) is 0.480. The van der Waals surface area contributed by atoms with Gasteiger partial charge in [-0.05, 0) is 68.1 Å². The Kier molecular flexibility index (Phi) is 9.26. The van der Waals surface area contributed by atoms with Gasteiger partial charge in [0, 0.05) is 24.8 Å². The van der Waals surface area contributed by atoms with E-state index in [1.54, 1.807) is 24.4 Å². The van der Waals surface area contributed by atoms with Crippen LogP contribution in [-0.2, 0) is 11.2 Å². The molecule has 2 heterocycles. The lowest BCUT2D eigenvalue weighted by molar-refractivity contribution is -0.136. The highest BCUT2D eigenvalue weighted by atomic mass is 19.1. The van der Waals surface area contributed by atoms with E-state index in [1.807, 2.05) is 6.92 Å². The Labute approximate surface area is 189 Å². The summed E-state index contributed by atoms with van der Waals surface area (Å²) in [5, 5.41) is 8.80. The molecule has 0 aromatic carbocycles. The number of aryl methyl sites for hydroxylation is 1. The summed E-state index contributed by atoms with van der Waals surface area (Å²) in [4.78, 5) is 18.9. The number of rotatable bonds is 9. The first-order valence-electron chi connectivity index (χ1n) is 11.6. The average molecular weight is 445 g/mol. The molecular formula is C25H33FN2O4. The number of ether oxygens (including phenoxy) is 2. The van der Waals surface area contributed by atoms with E-state index in [2.05, 4.69) is 9.97 Å². The van der Waals surface area contributed by atoms with Gasteiger partial charge in [0.2, 0.25) is 11.8 Å². The lowest BCUT2D eigenvalue weighted by Crippen LogP contribution is -2.20. The maximum absolute atomic E-state index is 14.2. The van der Waals surface area contributed by atoms with Crippen molar-refractivity contribution in [1.82, 2.24) is 9.97 Å². The molecule has 0 saturated heterocycles. The third-order valence-corrected chi connectivity index (χ3v) is 5.69. The van der Waals surface area contributed by atoms with E-state index in [9.17, 15) is 9.18 Å². The Morgan fingerprint density at radius 2 is 1.81 bits per heavy atom. The summed E-state index contributed by atoms with van der Waals surface area (Å²) in [6, 6.07) is 5.34. The van der Waals surface area contributed by atoms with Crippen LogP contribution in [0.25, 0.3) is 0 Å². The van der Waals surface area contributed by atoms with Gasteiger partial charge in [-0.25, -0.2) is 14.4 Å². The molecule has 2 aliphatic carbocycles. The third kappa shape index (κ3) is 8.09. The number of nitrogens with zero attached hydrogens (tertiary/aromatic N) is 2. The van der Waals surface area contributed by atoms with Crippen LogP contribution in [0.5, 0.6) is 11.8 Å². The van der Waals surface area contributed by atoms with E-state index >= 15 is 0 Å². The van der Waals surface area contributed by atoms with Crippen molar-refractivity contribution in [1.29, 1.82) is 0 Å². The van der Waals surface area contributed by atoms with Crippen LogP contribution in [-0.4, -0.2) is 34.3 Å². The molecule has 0 unspecified atom stereocenters.